The van der Waals surface area contributed by atoms with E-state index in [1.165, 1.54) is 4.88 Å². The molecular weight excluding hydrogens is 290 g/mol. The van der Waals surface area contributed by atoms with E-state index in [4.69, 9.17) is 0 Å². The predicted octanol–water partition coefficient (Wildman–Crippen LogP) is 2.19. The van der Waals surface area contributed by atoms with Crippen molar-refractivity contribution in [1.82, 2.24) is 14.8 Å². The molecule has 3 heterocycles. The summed E-state index contributed by atoms with van der Waals surface area (Å²) >= 11 is 3.30. The number of piperazine rings is 1. The van der Waals surface area contributed by atoms with Crippen LogP contribution in [0.4, 0.5) is 0 Å². The van der Waals surface area contributed by atoms with Crippen molar-refractivity contribution in [2.45, 2.75) is 6.42 Å². The minimum absolute atomic E-state index is 0.195. The SMILES string of the molecule is CN1CCN(C(=O)Cc2csc(-c3cccs3)n2)CC1. The summed E-state index contributed by atoms with van der Waals surface area (Å²) in [5.74, 6) is 0.195. The molecule has 4 nitrogen and oxygen atoms in total. The average molecular weight is 307 g/mol. The molecule has 6 heteroatoms. The van der Waals surface area contributed by atoms with Crippen LogP contribution < -0.4 is 0 Å². The second-order valence-corrected chi connectivity index (χ2v) is 6.79. The highest BCUT2D eigenvalue weighted by Crippen LogP contribution is 2.28. The molecule has 1 amide bonds. The number of hydrogen-bond acceptors (Lipinski definition) is 5. The Morgan fingerprint density at radius 3 is 2.80 bits per heavy atom. The number of carbonyl (C=O) groups excluding carboxylic acids is 1. The Hall–Kier alpha value is -1.24. The van der Waals surface area contributed by atoms with Gasteiger partial charge in [-0.2, -0.15) is 0 Å². The van der Waals surface area contributed by atoms with Crippen molar-refractivity contribution in [2.24, 2.45) is 0 Å². The van der Waals surface area contributed by atoms with Gasteiger partial charge in [0.15, 0.2) is 0 Å². The quantitative estimate of drug-likeness (QED) is 0.872. The van der Waals surface area contributed by atoms with Gasteiger partial charge in [0.1, 0.15) is 5.01 Å². The van der Waals surface area contributed by atoms with Gasteiger partial charge in [0.2, 0.25) is 5.91 Å². The molecule has 1 aliphatic heterocycles. The molecule has 0 aromatic carbocycles. The van der Waals surface area contributed by atoms with Crippen molar-refractivity contribution in [3.8, 4) is 9.88 Å². The van der Waals surface area contributed by atoms with Gasteiger partial charge in [0.25, 0.3) is 0 Å². The molecule has 1 fully saturated rings. The van der Waals surface area contributed by atoms with Crippen LogP contribution in [-0.4, -0.2) is 53.9 Å². The Bertz CT molecular complexity index is 571. The third kappa shape index (κ3) is 3.08. The van der Waals surface area contributed by atoms with E-state index < -0.39 is 0 Å². The van der Waals surface area contributed by atoms with Crippen LogP contribution in [0.15, 0.2) is 22.9 Å². The summed E-state index contributed by atoms with van der Waals surface area (Å²) < 4.78 is 0. The Morgan fingerprint density at radius 2 is 2.10 bits per heavy atom. The monoisotopic (exact) mass is 307 g/mol. The van der Waals surface area contributed by atoms with Gasteiger partial charge in [0, 0.05) is 31.6 Å². The zero-order valence-electron chi connectivity index (χ0n) is 11.4. The molecule has 0 saturated carbocycles. The highest BCUT2D eigenvalue weighted by molar-refractivity contribution is 7.20. The van der Waals surface area contributed by atoms with Gasteiger partial charge in [-0.1, -0.05) is 6.07 Å². The summed E-state index contributed by atoms with van der Waals surface area (Å²) in [4.78, 5) is 22.2. The van der Waals surface area contributed by atoms with Gasteiger partial charge in [-0.25, -0.2) is 4.98 Å². The summed E-state index contributed by atoms with van der Waals surface area (Å²) in [6.45, 7) is 3.58. The zero-order valence-corrected chi connectivity index (χ0v) is 13.0. The summed E-state index contributed by atoms with van der Waals surface area (Å²) in [7, 11) is 2.09. The lowest BCUT2D eigenvalue weighted by molar-refractivity contribution is -0.132. The Balaban J connectivity index is 1.62. The molecule has 1 aliphatic rings. The molecule has 0 bridgehead atoms. The van der Waals surface area contributed by atoms with Gasteiger partial charge in [0.05, 0.1) is 17.0 Å². The zero-order chi connectivity index (χ0) is 13.9. The third-order valence-electron chi connectivity index (χ3n) is 3.47. The van der Waals surface area contributed by atoms with E-state index >= 15 is 0 Å². The Kier molecular flexibility index (Phi) is 4.14. The first kappa shape index (κ1) is 13.7. The molecule has 3 rings (SSSR count). The first-order chi connectivity index (χ1) is 9.72. The number of thiophene rings is 1. The molecule has 0 radical (unpaired) electrons. The van der Waals surface area contributed by atoms with Crippen molar-refractivity contribution in [3.63, 3.8) is 0 Å². The van der Waals surface area contributed by atoms with Crippen molar-refractivity contribution in [2.75, 3.05) is 33.2 Å². The number of aromatic nitrogens is 1. The Morgan fingerprint density at radius 1 is 1.30 bits per heavy atom. The third-order valence-corrected chi connectivity index (χ3v) is 5.40. The molecule has 0 unspecified atom stereocenters. The molecule has 2 aromatic rings. The maximum atomic E-state index is 12.2. The fourth-order valence-corrected chi connectivity index (χ4v) is 3.86. The van der Waals surface area contributed by atoms with Crippen molar-refractivity contribution in [3.05, 3.63) is 28.6 Å². The molecule has 0 N–H and O–H groups in total. The maximum Gasteiger partial charge on any atom is 0.228 e. The molecule has 0 aliphatic carbocycles. The van der Waals surface area contributed by atoms with Crippen molar-refractivity contribution in [1.29, 1.82) is 0 Å². The summed E-state index contributed by atoms with van der Waals surface area (Å²) in [6, 6.07) is 4.09. The fraction of sp³-hybridized carbons (Fsp3) is 0.429. The molecule has 20 heavy (non-hydrogen) atoms. The van der Waals surface area contributed by atoms with Crippen LogP contribution in [0.5, 0.6) is 0 Å². The van der Waals surface area contributed by atoms with Crippen LogP contribution in [0, 0.1) is 0 Å². The smallest absolute Gasteiger partial charge is 0.228 e. The lowest BCUT2D eigenvalue weighted by Crippen LogP contribution is -2.47. The first-order valence-electron chi connectivity index (χ1n) is 6.67. The van der Waals surface area contributed by atoms with Crippen LogP contribution in [0.2, 0.25) is 0 Å². The van der Waals surface area contributed by atoms with Crippen LogP contribution in [0.3, 0.4) is 0 Å². The van der Waals surface area contributed by atoms with Crippen LogP contribution in [-0.2, 0) is 11.2 Å². The van der Waals surface area contributed by atoms with E-state index in [0.29, 0.717) is 6.42 Å². The molecule has 0 atom stereocenters. The van der Waals surface area contributed by atoms with E-state index in [2.05, 4.69) is 23.0 Å². The highest BCUT2D eigenvalue weighted by atomic mass is 32.1. The average Bonchev–Trinajstić information content (AvgIpc) is 3.09. The van der Waals surface area contributed by atoms with E-state index in [0.717, 1.165) is 36.9 Å². The minimum Gasteiger partial charge on any atom is -0.340 e. The van der Waals surface area contributed by atoms with Crippen molar-refractivity contribution >= 4 is 28.6 Å². The molecule has 2 aromatic heterocycles. The number of hydrogen-bond donors (Lipinski definition) is 0. The standard InChI is InChI=1S/C14H17N3OS2/c1-16-4-6-17(7-5-16)13(18)9-11-10-20-14(15-11)12-3-2-8-19-12/h2-3,8,10H,4-7,9H2,1H3. The second kappa shape index (κ2) is 6.03. The Labute approximate surface area is 126 Å². The number of nitrogens with zero attached hydrogens (tertiary/aromatic N) is 3. The van der Waals surface area contributed by atoms with Crippen LogP contribution in [0.1, 0.15) is 5.69 Å². The van der Waals surface area contributed by atoms with Crippen LogP contribution >= 0.6 is 22.7 Å². The van der Waals surface area contributed by atoms with Crippen LogP contribution in [0.25, 0.3) is 9.88 Å². The number of likely N-dealkylation sites (N-methyl/N-ethyl adjacent to an activating group) is 1. The number of carbonyl (C=O) groups is 1. The van der Waals surface area contributed by atoms with Gasteiger partial charge in [-0.3, -0.25) is 4.79 Å². The molecule has 106 valence electrons. The number of rotatable bonds is 3. The second-order valence-electron chi connectivity index (χ2n) is 4.98. The molecular formula is C14H17N3OS2. The van der Waals surface area contributed by atoms with E-state index in [9.17, 15) is 4.79 Å². The maximum absolute atomic E-state index is 12.2. The van der Waals surface area contributed by atoms with E-state index in [1.54, 1.807) is 22.7 Å². The number of thiazole rings is 1. The molecule has 1 saturated heterocycles. The topological polar surface area (TPSA) is 36.4 Å². The lowest BCUT2D eigenvalue weighted by atomic mass is 10.2. The molecule has 0 spiro atoms. The van der Waals surface area contributed by atoms with Gasteiger partial charge in [-0.15, -0.1) is 22.7 Å². The highest BCUT2D eigenvalue weighted by Gasteiger charge is 2.20. The van der Waals surface area contributed by atoms with Gasteiger partial charge >= 0.3 is 0 Å². The fourth-order valence-electron chi connectivity index (χ4n) is 2.22. The largest absolute Gasteiger partial charge is 0.340 e. The van der Waals surface area contributed by atoms with E-state index in [-0.39, 0.29) is 5.91 Å². The lowest BCUT2D eigenvalue weighted by Gasteiger charge is -2.32. The predicted molar refractivity (Wildman–Crippen MR) is 83.2 cm³/mol. The first-order valence-corrected chi connectivity index (χ1v) is 8.43. The van der Waals surface area contributed by atoms with Crippen molar-refractivity contribution < 1.29 is 4.79 Å². The normalized spacial score (nSPS) is 16.6. The van der Waals surface area contributed by atoms with Gasteiger partial charge < -0.3 is 9.80 Å². The van der Waals surface area contributed by atoms with Gasteiger partial charge in [-0.05, 0) is 18.5 Å². The minimum atomic E-state index is 0.195. The summed E-state index contributed by atoms with van der Waals surface area (Å²) in [6.07, 6.45) is 0.422. The van der Waals surface area contributed by atoms with E-state index in [1.807, 2.05) is 21.7 Å². The summed E-state index contributed by atoms with van der Waals surface area (Å²) in [5.41, 5.74) is 0.891. The summed E-state index contributed by atoms with van der Waals surface area (Å²) in [5, 5.41) is 5.07. The number of amides is 1.